The van der Waals surface area contributed by atoms with Crippen molar-refractivity contribution in [3.8, 4) is 0 Å². The van der Waals surface area contributed by atoms with Crippen molar-refractivity contribution in [2.45, 2.75) is 57.5 Å². The molecule has 1 aromatic carbocycles. The van der Waals surface area contributed by atoms with Gasteiger partial charge < -0.3 is 20.3 Å². The lowest BCUT2D eigenvalue weighted by molar-refractivity contribution is -0.122. The molecule has 3 aliphatic rings. The van der Waals surface area contributed by atoms with Crippen molar-refractivity contribution >= 4 is 23.2 Å². The summed E-state index contributed by atoms with van der Waals surface area (Å²) in [5.74, 6) is 0.187. The number of carbonyl (C=O) groups excluding carboxylic acids is 2. The number of rotatable bonds is 6. The van der Waals surface area contributed by atoms with E-state index in [0.717, 1.165) is 76.0 Å². The molecule has 0 spiro atoms. The molecule has 1 saturated carbocycles. The molecule has 2 aliphatic heterocycles. The molecule has 1 aliphatic carbocycles. The van der Waals surface area contributed by atoms with Crippen LogP contribution in [0, 0.1) is 5.92 Å². The Hall–Kier alpha value is -2.08. The van der Waals surface area contributed by atoms with Gasteiger partial charge in [-0.2, -0.15) is 0 Å². The van der Waals surface area contributed by atoms with Crippen molar-refractivity contribution in [3.05, 3.63) is 23.8 Å². The summed E-state index contributed by atoms with van der Waals surface area (Å²) in [6.07, 6.45) is 8.80. The fourth-order valence-corrected chi connectivity index (χ4v) is 4.22. The molecule has 6 nitrogen and oxygen atoms in total. The van der Waals surface area contributed by atoms with Gasteiger partial charge in [0, 0.05) is 37.8 Å². The van der Waals surface area contributed by atoms with Crippen LogP contribution in [0.5, 0.6) is 0 Å². The van der Waals surface area contributed by atoms with Crippen LogP contribution in [0.2, 0.25) is 0 Å². The highest BCUT2D eigenvalue weighted by Gasteiger charge is 2.26. The zero-order valence-corrected chi connectivity index (χ0v) is 16.5. The first-order valence-electron chi connectivity index (χ1n) is 10.8. The van der Waals surface area contributed by atoms with E-state index in [2.05, 4.69) is 15.5 Å². The molecule has 2 heterocycles. The molecule has 6 heteroatoms. The Morgan fingerprint density at radius 3 is 2.54 bits per heavy atom. The Kier molecular flexibility index (Phi) is 6.15. The highest BCUT2D eigenvalue weighted by Crippen LogP contribution is 2.31. The van der Waals surface area contributed by atoms with Gasteiger partial charge in [0.05, 0.1) is 17.4 Å². The molecule has 0 aromatic heterocycles. The molecule has 0 bridgehead atoms. The number of ether oxygens (including phenoxy) is 1. The van der Waals surface area contributed by atoms with E-state index in [4.69, 9.17) is 4.74 Å². The summed E-state index contributed by atoms with van der Waals surface area (Å²) in [6, 6.07) is 5.68. The van der Waals surface area contributed by atoms with Gasteiger partial charge >= 0.3 is 0 Å². The van der Waals surface area contributed by atoms with Gasteiger partial charge in [0.25, 0.3) is 5.91 Å². The average molecular weight is 386 g/mol. The van der Waals surface area contributed by atoms with Crippen molar-refractivity contribution in [3.63, 3.8) is 0 Å². The van der Waals surface area contributed by atoms with Crippen LogP contribution in [0.3, 0.4) is 0 Å². The zero-order valence-electron chi connectivity index (χ0n) is 16.5. The number of benzene rings is 1. The van der Waals surface area contributed by atoms with Gasteiger partial charge in [0.15, 0.2) is 0 Å². The van der Waals surface area contributed by atoms with Gasteiger partial charge in [-0.1, -0.05) is 6.42 Å². The fourth-order valence-electron chi connectivity index (χ4n) is 4.22. The molecular weight excluding hydrogens is 354 g/mol. The Labute approximate surface area is 167 Å². The molecule has 152 valence electrons. The molecule has 1 aromatic rings. The zero-order chi connectivity index (χ0) is 19.3. The van der Waals surface area contributed by atoms with Gasteiger partial charge in [-0.15, -0.1) is 0 Å². The number of piperidine rings is 1. The Morgan fingerprint density at radius 2 is 1.86 bits per heavy atom. The summed E-state index contributed by atoms with van der Waals surface area (Å²) in [5.41, 5.74) is 2.39. The van der Waals surface area contributed by atoms with Crippen molar-refractivity contribution in [1.82, 2.24) is 5.32 Å². The van der Waals surface area contributed by atoms with Gasteiger partial charge in [0.1, 0.15) is 0 Å². The first-order chi connectivity index (χ1) is 13.7. The molecular formula is C22H31N3O3. The third kappa shape index (κ3) is 4.49. The van der Waals surface area contributed by atoms with E-state index in [1.807, 2.05) is 18.2 Å². The van der Waals surface area contributed by atoms with Crippen LogP contribution in [0.1, 0.15) is 61.7 Å². The number of anilines is 2. The minimum Gasteiger partial charge on any atom is -0.376 e. The Balaban J connectivity index is 1.49. The predicted molar refractivity (Wildman–Crippen MR) is 110 cm³/mol. The van der Waals surface area contributed by atoms with Crippen molar-refractivity contribution in [1.29, 1.82) is 0 Å². The minimum atomic E-state index is -0.0621. The van der Waals surface area contributed by atoms with Gasteiger partial charge in [0.2, 0.25) is 5.91 Å². The average Bonchev–Trinajstić information content (AvgIpc) is 3.19. The summed E-state index contributed by atoms with van der Waals surface area (Å²) >= 11 is 0. The van der Waals surface area contributed by atoms with E-state index in [9.17, 15) is 9.59 Å². The molecule has 2 amide bonds. The molecule has 4 rings (SSSR count). The van der Waals surface area contributed by atoms with Crippen LogP contribution in [-0.4, -0.2) is 44.2 Å². The number of hydrogen-bond acceptors (Lipinski definition) is 4. The van der Waals surface area contributed by atoms with E-state index < -0.39 is 0 Å². The van der Waals surface area contributed by atoms with Crippen LogP contribution in [0.25, 0.3) is 0 Å². The third-order valence-electron chi connectivity index (χ3n) is 6.20. The van der Waals surface area contributed by atoms with Crippen molar-refractivity contribution in [2.24, 2.45) is 5.92 Å². The maximum atomic E-state index is 12.9. The summed E-state index contributed by atoms with van der Waals surface area (Å²) in [5, 5.41) is 6.09. The monoisotopic (exact) mass is 385 g/mol. The van der Waals surface area contributed by atoms with E-state index in [0.29, 0.717) is 12.1 Å². The lowest BCUT2D eigenvalue weighted by atomic mass is 9.85. The topological polar surface area (TPSA) is 70.7 Å². The number of amides is 2. The van der Waals surface area contributed by atoms with Crippen molar-refractivity contribution in [2.75, 3.05) is 36.5 Å². The number of hydrogen-bond donors (Lipinski definition) is 2. The van der Waals surface area contributed by atoms with E-state index in [1.54, 1.807) is 0 Å². The maximum Gasteiger partial charge on any atom is 0.253 e. The first kappa shape index (κ1) is 19.2. The molecule has 28 heavy (non-hydrogen) atoms. The summed E-state index contributed by atoms with van der Waals surface area (Å²) < 4.78 is 5.61. The van der Waals surface area contributed by atoms with Gasteiger partial charge in [-0.3, -0.25) is 9.59 Å². The number of nitrogens with one attached hydrogen (secondary N) is 2. The highest BCUT2D eigenvalue weighted by molar-refractivity contribution is 6.01. The van der Waals surface area contributed by atoms with E-state index >= 15 is 0 Å². The van der Waals surface area contributed by atoms with Crippen LogP contribution in [0.15, 0.2) is 18.2 Å². The lowest BCUT2D eigenvalue weighted by Crippen LogP contribution is -2.35. The summed E-state index contributed by atoms with van der Waals surface area (Å²) in [6.45, 7) is 3.24. The Bertz CT molecular complexity index is 705. The van der Waals surface area contributed by atoms with E-state index in [-0.39, 0.29) is 23.8 Å². The third-order valence-corrected chi connectivity index (χ3v) is 6.20. The first-order valence-corrected chi connectivity index (χ1v) is 10.8. The van der Waals surface area contributed by atoms with E-state index in [1.165, 1.54) is 6.42 Å². The summed E-state index contributed by atoms with van der Waals surface area (Å²) in [4.78, 5) is 27.5. The second-order valence-electron chi connectivity index (χ2n) is 8.24. The molecule has 2 N–H and O–H groups in total. The van der Waals surface area contributed by atoms with Gasteiger partial charge in [-0.25, -0.2) is 0 Å². The molecule has 0 radical (unpaired) electrons. The maximum absolute atomic E-state index is 12.9. The summed E-state index contributed by atoms with van der Waals surface area (Å²) in [7, 11) is 0. The van der Waals surface area contributed by atoms with Crippen LogP contribution in [0.4, 0.5) is 11.4 Å². The van der Waals surface area contributed by atoms with Crippen LogP contribution in [-0.2, 0) is 9.53 Å². The smallest absolute Gasteiger partial charge is 0.253 e. The van der Waals surface area contributed by atoms with Gasteiger partial charge in [-0.05, 0) is 63.1 Å². The standard InChI is InChI=1S/C22H31N3O3/c26-21(16-6-4-7-16)24-17-9-10-19(20(14-17)25-11-2-1-3-12-25)22(27)23-15-18-8-5-13-28-18/h9-10,14,16,18H,1-8,11-13,15H2,(H,23,27)(H,24,26)/t18-/m1/s1. The molecule has 3 fully saturated rings. The van der Waals surface area contributed by atoms with Crippen molar-refractivity contribution < 1.29 is 14.3 Å². The molecule has 2 saturated heterocycles. The Morgan fingerprint density at radius 1 is 1.04 bits per heavy atom. The second kappa shape index (κ2) is 8.95. The minimum absolute atomic E-state index is 0.0621. The molecule has 1 atom stereocenters. The second-order valence-corrected chi connectivity index (χ2v) is 8.24. The largest absolute Gasteiger partial charge is 0.376 e. The normalized spacial score (nSPS) is 22.6. The van der Waals surface area contributed by atoms with Crippen LogP contribution < -0.4 is 15.5 Å². The fraction of sp³-hybridized carbons (Fsp3) is 0.636. The quantitative estimate of drug-likeness (QED) is 0.788. The number of nitrogens with zero attached hydrogens (tertiary/aromatic N) is 1. The van der Waals surface area contributed by atoms with Crippen LogP contribution >= 0.6 is 0 Å². The lowest BCUT2D eigenvalue weighted by Gasteiger charge is -2.31. The highest BCUT2D eigenvalue weighted by atomic mass is 16.5. The number of carbonyl (C=O) groups is 2. The molecule has 0 unspecified atom stereocenters. The SMILES string of the molecule is O=C(NC[C@H]1CCCO1)c1ccc(NC(=O)C2CCC2)cc1N1CCCCC1. The predicted octanol–water partition coefficient (Wildman–Crippen LogP) is 3.32.